The van der Waals surface area contributed by atoms with Gasteiger partial charge in [0.2, 0.25) is 0 Å². The molecule has 3 aromatic carbocycles. The maximum atomic E-state index is 12.9. The fraction of sp³-hybridized carbons (Fsp3) is 0.150. The minimum absolute atomic E-state index is 0.188. The minimum atomic E-state index is -0.188. The number of carbonyl (C=O) groups is 1. The highest BCUT2D eigenvalue weighted by atomic mass is 127. The third kappa shape index (κ3) is 3.53. The lowest BCUT2D eigenvalue weighted by Gasteiger charge is -2.15. The van der Waals surface area contributed by atoms with Crippen molar-refractivity contribution in [2.75, 3.05) is 12.4 Å². The van der Waals surface area contributed by atoms with Crippen molar-refractivity contribution >= 4 is 60.9 Å². The summed E-state index contributed by atoms with van der Waals surface area (Å²) in [7, 11) is 1.58. The van der Waals surface area contributed by atoms with Gasteiger partial charge in [0.25, 0.3) is 5.91 Å². The molecule has 1 N–H and O–H groups in total. The smallest absolute Gasteiger partial charge is 0.259 e. The van der Waals surface area contributed by atoms with Gasteiger partial charge in [-0.1, -0.05) is 24.3 Å². The van der Waals surface area contributed by atoms with Crippen LogP contribution in [0.15, 0.2) is 46.9 Å². The first-order chi connectivity index (χ1) is 11.9. The first kappa shape index (κ1) is 18.2. The van der Waals surface area contributed by atoms with E-state index in [2.05, 4.69) is 49.9 Å². The fourth-order valence-electron chi connectivity index (χ4n) is 2.76. The Hall–Kier alpha value is -1.60. The van der Waals surface area contributed by atoms with Crippen molar-refractivity contribution in [3.05, 3.63) is 67.2 Å². The molecule has 25 heavy (non-hydrogen) atoms. The molecule has 128 valence electrons. The molecule has 0 aromatic heterocycles. The summed E-state index contributed by atoms with van der Waals surface area (Å²) in [5.41, 5.74) is 3.48. The molecule has 0 saturated carbocycles. The fourth-order valence-corrected chi connectivity index (χ4v) is 4.12. The lowest BCUT2D eigenvalue weighted by atomic mass is 10.0. The molecule has 3 rings (SSSR count). The van der Waals surface area contributed by atoms with Crippen LogP contribution in [0, 0.1) is 17.4 Å². The Bertz CT molecular complexity index is 985. The van der Waals surface area contributed by atoms with E-state index in [1.54, 1.807) is 7.11 Å². The molecule has 0 bridgehead atoms. The molecule has 1 amide bonds. The third-order valence-electron chi connectivity index (χ3n) is 4.14. The molecule has 0 saturated heterocycles. The first-order valence-corrected chi connectivity index (χ1v) is 9.63. The highest BCUT2D eigenvalue weighted by molar-refractivity contribution is 14.1. The molecule has 0 spiro atoms. The number of anilines is 1. The number of rotatable bonds is 3. The number of hydrogen-bond donors (Lipinski definition) is 1. The summed E-state index contributed by atoms with van der Waals surface area (Å²) >= 11 is 5.87. The van der Waals surface area contributed by atoms with Gasteiger partial charge in [-0.05, 0) is 92.5 Å². The van der Waals surface area contributed by atoms with Crippen molar-refractivity contribution < 1.29 is 9.53 Å². The number of methoxy groups -OCH3 is 1. The predicted molar refractivity (Wildman–Crippen MR) is 115 cm³/mol. The van der Waals surface area contributed by atoms with Crippen LogP contribution < -0.4 is 10.1 Å². The molecule has 0 radical (unpaired) electrons. The van der Waals surface area contributed by atoms with Gasteiger partial charge < -0.3 is 10.1 Å². The maximum Gasteiger partial charge on any atom is 0.259 e. The van der Waals surface area contributed by atoms with Crippen LogP contribution >= 0.6 is 38.5 Å². The second-order valence-electron chi connectivity index (χ2n) is 5.86. The monoisotopic (exact) mass is 509 g/mol. The quantitative estimate of drug-likeness (QED) is 0.434. The largest absolute Gasteiger partial charge is 0.495 e. The number of ether oxygens (including phenoxy) is 1. The number of benzene rings is 3. The molecule has 5 heteroatoms. The Labute approximate surface area is 169 Å². The van der Waals surface area contributed by atoms with Crippen LogP contribution in [0.1, 0.15) is 21.5 Å². The molecular formula is C20H17BrINO2. The van der Waals surface area contributed by atoms with Gasteiger partial charge in [-0.2, -0.15) is 0 Å². The van der Waals surface area contributed by atoms with E-state index in [-0.39, 0.29) is 5.91 Å². The predicted octanol–water partition coefficient (Wildman–Crippen LogP) is 6.08. The van der Waals surface area contributed by atoms with Gasteiger partial charge in [-0.3, -0.25) is 4.79 Å². The molecule has 3 aromatic rings. The van der Waals surface area contributed by atoms with E-state index < -0.39 is 0 Å². The highest BCUT2D eigenvalue weighted by Crippen LogP contribution is 2.37. The summed E-state index contributed by atoms with van der Waals surface area (Å²) in [5, 5.41) is 5.01. The molecular weight excluding hydrogens is 493 g/mol. The van der Waals surface area contributed by atoms with E-state index in [9.17, 15) is 4.79 Å². The highest BCUT2D eigenvalue weighted by Gasteiger charge is 2.19. The van der Waals surface area contributed by atoms with Crippen LogP contribution in [0.3, 0.4) is 0 Å². The number of halogens is 2. The summed E-state index contributed by atoms with van der Waals surface area (Å²) < 4.78 is 7.47. The summed E-state index contributed by atoms with van der Waals surface area (Å²) in [4.78, 5) is 12.9. The Balaban J connectivity index is 2.07. The van der Waals surface area contributed by atoms with Crippen LogP contribution in [0.4, 0.5) is 5.69 Å². The third-order valence-corrected chi connectivity index (χ3v) is 6.09. The summed E-state index contributed by atoms with van der Waals surface area (Å²) in [6.45, 7) is 4.02. The maximum absolute atomic E-state index is 12.9. The lowest BCUT2D eigenvalue weighted by molar-refractivity contribution is 0.102. The second kappa shape index (κ2) is 7.33. The van der Waals surface area contributed by atoms with Crippen molar-refractivity contribution in [1.82, 2.24) is 0 Å². The van der Waals surface area contributed by atoms with Crippen molar-refractivity contribution in [3.63, 3.8) is 0 Å². The van der Waals surface area contributed by atoms with Crippen LogP contribution in [-0.2, 0) is 0 Å². The van der Waals surface area contributed by atoms with Crippen molar-refractivity contribution in [2.45, 2.75) is 13.8 Å². The van der Waals surface area contributed by atoms with Crippen LogP contribution in [-0.4, -0.2) is 13.0 Å². The Morgan fingerprint density at radius 2 is 1.84 bits per heavy atom. The SMILES string of the molecule is COc1c(C(=O)Nc2cc(C)c(I)cc2C)cc2ccccc2c1Br. The number of amides is 1. The van der Waals surface area contributed by atoms with Gasteiger partial charge >= 0.3 is 0 Å². The van der Waals surface area contributed by atoms with E-state index in [1.165, 1.54) is 3.57 Å². The molecule has 0 aliphatic heterocycles. The van der Waals surface area contributed by atoms with E-state index in [4.69, 9.17) is 4.74 Å². The first-order valence-electron chi connectivity index (χ1n) is 7.75. The number of aryl methyl sites for hydroxylation is 2. The molecule has 0 heterocycles. The normalized spacial score (nSPS) is 10.8. The standard InChI is InChI=1S/C20H17BrINO2/c1-11-9-17(12(2)8-16(11)22)23-20(24)15-10-13-6-4-5-7-14(13)18(21)19(15)25-3/h4-10H,1-3H3,(H,23,24). The van der Waals surface area contributed by atoms with Crippen LogP contribution in [0.25, 0.3) is 10.8 Å². The summed E-state index contributed by atoms with van der Waals surface area (Å²) in [6.07, 6.45) is 0. The molecule has 0 aliphatic carbocycles. The zero-order valence-electron chi connectivity index (χ0n) is 14.1. The van der Waals surface area contributed by atoms with Crippen molar-refractivity contribution in [3.8, 4) is 5.75 Å². The Kier molecular flexibility index (Phi) is 5.34. The molecule has 0 aliphatic rings. The van der Waals surface area contributed by atoms with Gasteiger partial charge in [0, 0.05) is 9.26 Å². The van der Waals surface area contributed by atoms with Gasteiger partial charge in [0.15, 0.2) is 0 Å². The van der Waals surface area contributed by atoms with Crippen LogP contribution in [0.5, 0.6) is 5.75 Å². The molecule has 0 unspecified atom stereocenters. The topological polar surface area (TPSA) is 38.3 Å². The van der Waals surface area contributed by atoms with Crippen molar-refractivity contribution in [2.24, 2.45) is 0 Å². The van der Waals surface area contributed by atoms with Gasteiger partial charge in [-0.15, -0.1) is 0 Å². The average Bonchev–Trinajstić information content (AvgIpc) is 2.59. The van der Waals surface area contributed by atoms with Crippen molar-refractivity contribution in [1.29, 1.82) is 0 Å². The van der Waals surface area contributed by atoms with E-state index >= 15 is 0 Å². The minimum Gasteiger partial charge on any atom is -0.495 e. The Morgan fingerprint density at radius 3 is 2.56 bits per heavy atom. The van der Waals surface area contributed by atoms with Gasteiger partial charge in [0.1, 0.15) is 5.75 Å². The Morgan fingerprint density at radius 1 is 1.12 bits per heavy atom. The summed E-state index contributed by atoms with van der Waals surface area (Å²) in [6, 6.07) is 13.8. The second-order valence-corrected chi connectivity index (χ2v) is 7.82. The van der Waals surface area contributed by atoms with E-state index in [1.807, 2.05) is 50.2 Å². The van der Waals surface area contributed by atoms with Crippen LogP contribution in [0.2, 0.25) is 0 Å². The average molecular weight is 510 g/mol. The number of fused-ring (bicyclic) bond motifs is 1. The molecule has 0 fully saturated rings. The van der Waals surface area contributed by atoms with Gasteiger partial charge in [-0.25, -0.2) is 0 Å². The number of nitrogens with one attached hydrogen (secondary N) is 1. The summed E-state index contributed by atoms with van der Waals surface area (Å²) in [5.74, 6) is 0.350. The molecule has 3 nitrogen and oxygen atoms in total. The number of carbonyl (C=O) groups excluding carboxylic acids is 1. The number of hydrogen-bond acceptors (Lipinski definition) is 2. The zero-order chi connectivity index (χ0) is 18.1. The lowest BCUT2D eigenvalue weighted by Crippen LogP contribution is -2.14. The zero-order valence-corrected chi connectivity index (χ0v) is 17.9. The van der Waals surface area contributed by atoms with Gasteiger partial charge in [0.05, 0.1) is 17.1 Å². The molecule has 0 atom stereocenters. The van der Waals surface area contributed by atoms with E-state index in [0.29, 0.717) is 11.3 Å². The van der Waals surface area contributed by atoms with E-state index in [0.717, 1.165) is 32.1 Å².